The third-order valence-electron chi connectivity index (χ3n) is 3.32. The van der Waals surface area contributed by atoms with E-state index in [9.17, 15) is 4.79 Å². The molecule has 0 aromatic heterocycles. The second kappa shape index (κ2) is 4.68. The molecule has 0 amide bonds. The zero-order valence-corrected chi connectivity index (χ0v) is 10.8. The lowest BCUT2D eigenvalue weighted by Crippen LogP contribution is -2.21. The van der Waals surface area contributed by atoms with Crippen LogP contribution in [-0.4, -0.2) is 17.5 Å². The SMILES string of the molecule is C[C@@H](CO)C(=O)[C@@H]1CCc2c(Br)cccc21. The lowest BCUT2D eigenvalue weighted by Gasteiger charge is -2.14. The van der Waals surface area contributed by atoms with E-state index in [-0.39, 0.29) is 24.2 Å². The lowest BCUT2D eigenvalue weighted by molar-refractivity contribution is -0.124. The Morgan fingerprint density at radius 2 is 2.38 bits per heavy atom. The van der Waals surface area contributed by atoms with Gasteiger partial charge in [0.15, 0.2) is 0 Å². The number of Topliss-reactive ketones (excluding diaryl/α,β-unsaturated/α-hetero) is 1. The first kappa shape index (κ1) is 11.8. The molecule has 1 aliphatic carbocycles. The van der Waals surface area contributed by atoms with Crippen LogP contribution in [0.4, 0.5) is 0 Å². The number of fused-ring (bicyclic) bond motifs is 1. The molecule has 2 atom stereocenters. The Bertz CT molecular complexity index is 414. The molecule has 3 heteroatoms. The summed E-state index contributed by atoms with van der Waals surface area (Å²) >= 11 is 3.52. The maximum atomic E-state index is 12.1. The van der Waals surface area contributed by atoms with Crippen LogP contribution in [-0.2, 0) is 11.2 Å². The van der Waals surface area contributed by atoms with E-state index in [4.69, 9.17) is 5.11 Å². The van der Waals surface area contributed by atoms with Crippen LogP contribution in [0, 0.1) is 5.92 Å². The molecule has 0 saturated carbocycles. The van der Waals surface area contributed by atoms with E-state index in [1.54, 1.807) is 6.92 Å². The summed E-state index contributed by atoms with van der Waals surface area (Å²) in [6, 6.07) is 6.01. The number of carbonyl (C=O) groups is 1. The molecule has 0 saturated heterocycles. The fraction of sp³-hybridized carbons (Fsp3) is 0.462. The minimum Gasteiger partial charge on any atom is -0.396 e. The van der Waals surface area contributed by atoms with E-state index in [1.165, 1.54) is 5.56 Å². The van der Waals surface area contributed by atoms with E-state index in [1.807, 2.05) is 18.2 Å². The highest BCUT2D eigenvalue weighted by Crippen LogP contribution is 2.38. The Hall–Kier alpha value is -0.670. The van der Waals surface area contributed by atoms with Crippen molar-refractivity contribution in [2.75, 3.05) is 6.61 Å². The molecule has 1 aromatic carbocycles. The monoisotopic (exact) mass is 282 g/mol. The molecular formula is C13H15BrO2. The first-order valence-corrected chi connectivity index (χ1v) is 6.36. The second-order valence-corrected chi connectivity index (χ2v) is 5.24. The van der Waals surface area contributed by atoms with Crippen molar-refractivity contribution in [3.05, 3.63) is 33.8 Å². The molecule has 0 heterocycles. The van der Waals surface area contributed by atoms with Gasteiger partial charge in [-0.3, -0.25) is 4.79 Å². The minimum absolute atomic E-state index is 0.0188. The molecule has 2 rings (SSSR count). The first-order chi connectivity index (χ1) is 7.65. The molecular weight excluding hydrogens is 268 g/mol. The number of hydrogen-bond acceptors (Lipinski definition) is 2. The topological polar surface area (TPSA) is 37.3 Å². The predicted octanol–water partition coefficient (Wildman–Crippen LogP) is 2.68. The molecule has 86 valence electrons. The van der Waals surface area contributed by atoms with E-state index in [2.05, 4.69) is 15.9 Å². The van der Waals surface area contributed by atoms with Crippen molar-refractivity contribution in [1.29, 1.82) is 0 Å². The van der Waals surface area contributed by atoms with Crippen molar-refractivity contribution in [3.8, 4) is 0 Å². The van der Waals surface area contributed by atoms with Gasteiger partial charge in [0.05, 0.1) is 6.61 Å². The average molecular weight is 283 g/mol. The Kier molecular flexibility index (Phi) is 3.45. The Morgan fingerprint density at radius 1 is 1.62 bits per heavy atom. The molecule has 0 aliphatic heterocycles. The number of halogens is 1. The number of aliphatic hydroxyl groups excluding tert-OH is 1. The van der Waals surface area contributed by atoms with Crippen molar-refractivity contribution < 1.29 is 9.90 Å². The summed E-state index contributed by atoms with van der Waals surface area (Å²) in [7, 11) is 0. The van der Waals surface area contributed by atoms with Crippen LogP contribution < -0.4 is 0 Å². The summed E-state index contributed by atoms with van der Waals surface area (Å²) in [4.78, 5) is 12.1. The van der Waals surface area contributed by atoms with E-state index >= 15 is 0 Å². The first-order valence-electron chi connectivity index (χ1n) is 5.57. The number of carbonyl (C=O) groups excluding carboxylic acids is 1. The van der Waals surface area contributed by atoms with E-state index < -0.39 is 0 Å². The maximum absolute atomic E-state index is 12.1. The Labute approximate surface area is 104 Å². The maximum Gasteiger partial charge on any atom is 0.145 e. The standard InChI is InChI=1S/C13H15BrO2/c1-8(7-15)13(16)11-6-5-10-9(11)3-2-4-12(10)14/h2-4,8,11,15H,5-7H2,1H3/t8-,11+/m0/s1. The quantitative estimate of drug-likeness (QED) is 0.926. The van der Waals surface area contributed by atoms with Gasteiger partial charge >= 0.3 is 0 Å². The largest absolute Gasteiger partial charge is 0.396 e. The molecule has 0 spiro atoms. The Balaban J connectivity index is 2.30. The molecule has 0 radical (unpaired) electrons. The van der Waals surface area contributed by atoms with Gasteiger partial charge in [0, 0.05) is 16.3 Å². The fourth-order valence-corrected chi connectivity index (χ4v) is 2.92. The third-order valence-corrected chi connectivity index (χ3v) is 4.06. The average Bonchev–Trinajstić information content (AvgIpc) is 2.72. The van der Waals surface area contributed by atoms with Gasteiger partial charge in [-0.15, -0.1) is 0 Å². The highest BCUT2D eigenvalue weighted by Gasteiger charge is 2.31. The molecule has 1 aromatic rings. The van der Waals surface area contributed by atoms with Gasteiger partial charge in [-0.1, -0.05) is 35.0 Å². The van der Waals surface area contributed by atoms with Crippen molar-refractivity contribution in [2.24, 2.45) is 5.92 Å². The lowest BCUT2D eigenvalue weighted by atomic mass is 9.90. The van der Waals surface area contributed by atoms with Crippen molar-refractivity contribution in [2.45, 2.75) is 25.7 Å². The predicted molar refractivity (Wildman–Crippen MR) is 66.5 cm³/mol. The van der Waals surface area contributed by atoms with Gasteiger partial charge in [-0.2, -0.15) is 0 Å². The van der Waals surface area contributed by atoms with Gasteiger partial charge in [0.2, 0.25) is 0 Å². The van der Waals surface area contributed by atoms with E-state index in [0.29, 0.717) is 0 Å². The molecule has 0 unspecified atom stereocenters. The third kappa shape index (κ3) is 1.94. The number of benzene rings is 1. The number of rotatable bonds is 3. The minimum atomic E-state index is -0.255. The number of ketones is 1. The van der Waals surface area contributed by atoms with Gasteiger partial charge < -0.3 is 5.11 Å². The van der Waals surface area contributed by atoms with Crippen molar-refractivity contribution >= 4 is 21.7 Å². The van der Waals surface area contributed by atoms with Gasteiger partial charge in [0.1, 0.15) is 5.78 Å². The van der Waals surface area contributed by atoms with Crippen LogP contribution in [0.3, 0.4) is 0 Å². The highest BCUT2D eigenvalue weighted by molar-refractivity contribution is 9.10. The summed E-state index contributed by atoms with van der Waals surface area (Å²) in [5.41, 5.74) is 2.39. The van der Waals surface area contributed by atoms with Crippen LogP contribution in [0.2, 0.25) is 0 Å². The molecule has 1 aliphatic rings. The molecule has 0 bridgehead atoms. The number of hydrogen-bond donors (Lipinski definition) is 1. The summed E-state index contributed by atoms with van der Waals surface area (Å²) < 4.78 is 1.09. The van der Waals surface area contributed by atoms with E-state index in [0.717, 1.165) is 22.9 Å². The van der Waals surface area contributed by atoms with Crippen LogP contribution in [0.1, 0.15) is 30.4 Å². The summed E-state index contributed by atoms with van der Waals surface area (Å²) in [5, 5.41) is 9.04. The Morgan fingerprint density at radius 3 is 3.06 bits per heavy atom. The highest BCUT2D eigenvalue weighted by atomic mass is 79.9. The molecule has 0 fully saturated rings. The van der Waals surface area contributed by atoms with Crippen LogP contribution in [0.15, 0.2) is 22.7 Å². The fourth-order valence-electron chi connectivity index (χ4n) is 2.34. The zero-order valence-electron chi connectivity index (χ0n) is 9.24. The van der Waals surface area contributed by atoms with Crippen LogP contribution >= 0.6 is 15.9 Å². The molecule has 2 nitrogen and oxygen atoms in total. The summed E-state index contributed by atoms with van der Waals surface area (Å²) in [6.07, 6.45) is 1.83. The van der Waals surface area contributed by atoms with Gasteiger partial charge in [-0.25, -0.2) is 0 Å². The van der Waals surface area contributed by atoms with Crippen LogP contribution in [0.25, 0.3) is 0 Å². The van der Waals surface area contributed by atoms with Gasteiger partial charge in [0.25, 0.3) is 0 Å². The number of aliphatic hydroxyl groups is 1. The molecule has 1 N–H and O–H groups in total. The smallest absolute Gasteiger partial charge is 0.145 e. The van der Waals surface area contributed by atoms with Crippen molar-refractivity contribution in [3.63, 3.8) is 0 Å². The summed E-state index contributed by atoms with van der Waals surface area (Å²) in [6.45, 7) is 1.73. The zero-order chi connectivity index (χ0) is 11.7. The van der Waals surface area contributed by atoms with Gasteiger partial charge in [-0.05, 0) is 30.0 Å². The van der Waals surface area contributed by atoms with Crippen LogP contribution in [0.5, 0.6) is 0 Å². The summed E-state index contributed by atoms with van der Waals surface area (Å²) in [5.74, 6) is -0.107. The second-order valence-electron chi connectivity index (χ2n) is 4.38. The normalized spacial score (nSPS) is 20.6. The van der Waals surface area contributed by atoms with Crippen molar-refractivity contribution in [1.82, 2.24) is 0 Å². The molecule has 16 heavy (non-hydrogen) atoms.